The van der Waals surface area contributed by atoms with Crippen LogP contribution in [0.2, 0.25) is 0 Å². The van der Waals surface area contributed by atoms with Crippen LogP contribution in [-0.4, -0.2) is 52.0 Å². The zero-order valence-electron chi connectivity index (χ0n) is 19.3. The van der Waals surface area contributed by atoms with E-state index in [0.717, 1.165) is 36.7 Å². The van der Waals surface area contributed by atoms with Crippen LogP contribution in [0.5, 0.6) is 17.2 Å². The van der Waals surface area contributed by atoms with Crippen LogP contribution < -0.4 is 24.4 Å². The molecule has 2 aromatic rings. The average Bonchev–Trinajstić information content (AvgIpc) is 2.82. The Morgan fingerprint density at radius 2 is 1.66 bits per heavy atom. The highest BCUT2D eigenvalue weighted by Gasteiger charge is 2.20. The summed E-state index contributed by atoms with van der Waals surface area (Å²) < 4.78 is 22.9. The molecule has 0 radical (unpaired) electrons. The number of hydrogen-bond acceptors (Lipinski definition) is 6. The van der Waals surface area contributed by atoms with Crippen LogP contribution >= 0.6 is 0 Å². The van der Waals surface area contributed by atoms with E-state index in [1.165, 1.54) is 5.56 Å². The Labute approximate surface area is 190 Å². The van der Waals surface area contributed by atoms with Crippen LogP contribution in [0.15, 0.2) is 36.4 Å². The zero-order valence-corrected chi connectivity index (χ0v) is 19.3. The number of nitrogens with one attached hydrogen (secondary N) is 1. The molecule has 7 heteroatoms. The average molecular weight is 443 g/mol. The third-order valence-electron chi connectivity index (χ3n) is 5.22. The van der Waals surface area contributed by atoms with E-state index in [0.29, 0.717) is 44.5 Å². The van der Waals surface area contributed by atoms with Crippen LogP contribution in [0.3, 0.4) is 0 Å². The number of hydrogen-bond donors (Lipinski definition) is 1. The first-order valence-corrected chi connectivity index (χ1v) is 11.4. The van der Waals surface area contributed by atoms with Crippen molar-refractivity contribution in [3.05, 3.63) is 42.0 Å². The maximum absolute atomic E-state index is 12.6. The number of anilines is 2. The molecule has 1 amide bonds. The van der Waals surface area contributed by atoms with Crippen molar-refractivity contribution in [2.45, 2.75) is 33.6 Å². The Kier molecular flexibility index (Phi) is 9.04. The van der Waals surface area contributed by atoms with Crippen molar-refractivity contribution in [1.29, 1.82) is 0 Å². The van der Waals surface area contributed by atoms with Crippen LogP contribution in [0.4, 0.5) is 11.4 Å². The second-order valence-corrected chi connectivity index (χ2v) is 7.43. The summed E-state index contributed by atoms with van der Waals surface area (Å²) in [6.07, 6.45) is 1.22. The van der Waals surface area contributed by atoms with Crippen molar-refractivity contribution < 1.29 is 23.7 Å². The van der Waals surface area contributed by atoms with Crippen molar-refractivity contribution in [1.82, 2.24) is 0 Å². The molecule has 1 aliphatic rings. The first-order valence-electron chi connectivity index (χ1n) is 11.4. The molecule has 7 nitrogen and oxygen atoms in total. The van der Waals surface area contributed by atoms with Crippen LogP contribution in [0.1, 0.15) is 32.8 Å². The fraction of sp³-hybridized carbons (Fsp3) is 0.480. The molecule has 0 bridgehead atoms. The minimum absolute atomic E-state index is 0.141. The van der Waals surface area contributed by atoms with Gasteiger partial charge in [0.1, 0.15) is 17.2 Å². The number of benzene rings is 2. The summed E-state index contributed by atoms with van der Waals surface area (Å²) in [5, 5.41) is 2.96. The number of rotatable bonds is 11. The molecule has 0 atom stereocenters. The molecular weight excluding hydrogens is 408 g/mol. The van der Waals surface area contributed by atoms with Crippen molar-refractivity contribution in [2.75, 3.05) is 56.3 Å². The standard InChI is InChI=1S/C25H34N2O5/c1-4-19-7-9-20(10-8-19)32-14-11-25(28)26-21-17-24(31-6-3)22(18-23(21)30-5-2)27-12-15-29-16-13-27/h7-10,17-18H,4-6,11-16H2,1-3H3,(H,26,28). The molecule has 32 heavy (non-hydrogen) atoms. The normalized spacial score (nSPS) is 13.5. The summed E-state index contributed by atoms with van der Waals surface area (Å²) in [6.45, 7) is 10.2. The molecule has 1 saturated heterocycles. The summed E-state index contributed by atoms with van der Waals surface area (Å²) in [7, 11) is 0. The Morgan fingerprint density at radius 3 is 2.31 bits per heavy atom. The fourth-order valence-electron chi connectivity index (χ4n) is 3.54. The number of amides is 1. The lowest BCUT2D eigenvalue weighted by molar-refractivity contribution is -0.116. The molecule has 0 aliphatic carbocycles. The number of nitrogens with zero attached hydrogens (tertiary/aromatic N) is 1. The Bertz CT molecular complexity index is 863. The van der Waals surface area contributed by atoms with Crippen LogP contribution in [0, 0.1) is 0 Å². The lowest BCUT2D eigenvalue weighted by atomic mass is 10.2. The molecule has 0 saturated carbocycles. The molecule has 0 spiro atoms. The topological polar surface area (TPSA) is 69.3 Å². The minimum atomic E-state index is -0.141. The summed E-state index contributed by atoms with van der Waals surface area (Å²) in [5.41, 5.74) is 2.81. The monoisotopic (exact) mass is 442 g/mol. The van der Waals surface area contributed by atoms with Gasteiger partial charge in [-0.15, -0.1) is 0 Å². The maximum atomic E-state index is 12.6. The van der Waals surface area contributed by atoms with Gasteiger partial charge in [-0.05, 0) is 38.0 Å². The predicted molar refractivity (Wildman–Crippen MR) is 126 cm³/mol. The molecule has 1 aliphatic heterocycles. The molecule has 174 valence electrons. The number of ether oxygens (including phenoxy) is 4. The predicted octanol–water partition coefficient (Wildman–Crippen LogP) is 4.29. The minimum Gasteiger partial charge on any atom is -0.493 e. The zero-order chi connectivity index (χ0) is 22.8. The highest BCUT2D eigenvalue weighted by molar-refractivity contribution is 5.93. The van der Waals surface area contributed by atoms with Gasteiger partial charge in [0.15, 0.2) is 0 Å². The van der Waals surface area contributed by atoms with Crippen LogP contribution in [-0.2, 0) is 16.0 Å². The van der Waals surface area contributed by atoms with Crippen LogP contribution in [0.25, 0.3) is 0 Å². The molecule has 3 rings (SSSR count). The molecule has 1 fully saturated rings. The Morgan fingerprint density at radius 1 is 0.969 bits per heavy atom. The van der Waals surface area contributed by atoms with Gasteiger partial charge in [0, 0.05) is 25.2 Å². The van der Waals surface area contributed by atoms with Gasteiger partial charge in [0.05, 0.1) is 50.8 Å². The third kappa shape index (κ3) is 6.53. The van der Waals surface area contributed by atoms with E-state index < -0.39 is 0 Å². The van der Waals surface area contributed by atoms with Gasteiger partial charge in [-0.3, -0.25) is 4.79 Å². The quantitative estimate of drug-likeness (QED) is 0.560. The molecule has 0 aromatic heterocycles. The number of morpholine rings is 1. The van der Waals surface area contributed by atoms with Gasteiger partial charge in [-0.2, -0.15) is 0 Å². The number of carbonyl (C=O) groups is 1. The third-order valence-corrected chi connectivity index (χ3v) is 5.22. The van der Waals surface area contributed by atoms with E-state index in [9.17, 15) is 4.79 Å². The molecular formula is C25H34N2O5. The lowest BCUT2D eigenvalue weighted by Gasteiger charge is -2.31. The second kappa shape index (κ2) is 12.2. The molecule has 1 heterocycles. The fourth-order valence-corrected chi connectivity index (χ4v) is 3.54. The van der Waals surface area contributed by atoms with Gasteiger partial charge in [0.2, 0.25) is 5.91 Å². The summed E-state index contributed by atoms with van der Waals surface area (Å²) in [4.78, 5) is 14.8. The van der Waals surface area contributed by atoms with E-state index in [1.54, 1.807) is 0 Å². The highest BCUT2D eigenvalue weighted by atomic mass is 16.5. The molecule has 0 unspecified atom stereocenters. The summed E-state index contributed by atoms with van der Waals surface area (Å²) >= 11 is 0. The number of carbonyl (C=O) groups excluding carboxylic acids is 1. The summed E-state index contributed by atoms with van der Waals surface area (Å²) in [5.74, 6) is 1.97. The highest BCUT2D eigenvalue weighted by Crippen LogP contribution is 2.39. The Balaban J connectivity index is 1.67. The van der Waals surface area contributed by atoms with Crippen molar-refractivity contribution in [3.8, 4) is 17.2 Å². The molecule has 2 aromatic carbocycles. The first-order chi connectivity index (χ1) is 15.6. The van der Waals surface area contributed by atoms with Gasteiger partial charge >= 0.3 is 0 Å². The van der Waals surface area contributed by atoms with Gasteiger partial charge in [0.25, 0.3) is 0 Å². The van der Waals surface area contributed by atoms with Crippen molar-refractivity contribution >= 4 is 17.3 Å². The maximum Gasteiger partial charge on any atom is 0.227 e. The van der Waals surface area contributed by atoms with Gasteiger partial charge < -0.3 is 29.2 Å². The van der Waals surface area contributed by atoms with Crippen molar-refractivity contribution in [3.63, 3.8) is 0 Å². The van der Waals surface area contributed by atoms with E-state index >= 15 is 0 Å². The van der Waals surface area contributed by atoms with E-state index in [2.05, 4.69) is 17.1 Å². The molecule has 1 N–H and O–H groups in total. The lowest BCUT2D eigenvalue weighted by Crippen LogP contribution is -2.36. The smallest absolute Gasteiger partial charge is 0.227 e. The first kappa shape index (κ1) is 23.7. The van der Waals surface area contributed by atoms with Gasteiger partial charge in [-0.1, -0.05) is 19.1 Å². The number of aryl methyl sites for hydroxylation is 1. The van der Waals surface area contributed by atoms with E-state index in [1.807, 2.05) is 50.2 Å². The van der Waals surface area contributed by atoms with E-state index in [4.69, 9.17) is 18.9 Å². The van der Waals surface area contributed by atoms with E-state index in [-0.39, 0.29) is 12.3 Å². The SMILES string of the molecule is CCOc1cc(N2CCOCC2)c(OCC)cc1NC(=O)CCOc1ccc(CC)cc1. The largest absolute Gasteiger partial charge is 0.493 e. The second-order valence-electron chi connectivity index (χ2n) is 7.43. The Hall–Kier alpha value is -2.93. The summed E-state index contributed by atoms with van der Waals surface area (Å²) in [6, 6.07) is 11.7. The van der Waals surface area contributed by atoms with Gasteiger partial charge in [-0.25, -0.2) is 0 Å². The van der Waals surface area contributed by atoms with Crippen molar-refractivity contribution in [2.24, 2.45) is 0 Å².